The largest absolute Gasteiger partial charge is 0.427 e. The maximum atomic E-state index is 12.9. The number of nitrogens with zero attached hydrogens (tertiary/aromatic N) is 1. The van der Waals surface area contributed by atoms with E-state index in [0.717, 1.165) is 0 Å². The van der Waals surface area contributed by atoms with E-state index in [0.29, 0.717) is 22.4 Å². The van der Waals surface area contributed by atoms with Gasteiger partial charge in [-0.2, -0.15) is 0 Å². The van der Waals surface area contributed by atoms with Gasteiger partial charge in [0.15, 0.2) is 0 Å². The highest BCUT2D eigenvalue weighted by molar-refractivity contribution is 7.11. The number of carbonyl (C=O) groups is 4. The maximum absolute atomic E-state index is 12.9. The van der Waals surface area contributed by atoms with Crippen LogP contribution < -0.4 is 5.73 Å². The molecular formula is C21H26N2O7S. The SMILES string of the molecule is C[C@@H](O)[C@H]1C(=O)N2C(C(=O)OCOC(=O)C(C)(C)C)=C(c3cc(CC(N)=O)cs3)C[C@H]12. The predicted molar refractivity (Wildman–Crippen MR) is 111 cm³/mol. The minimum atomic E-state index is -0.855. The monoisotopic (exact) mass is 450 g/mol. The minimum Gasteiger partial charge on any atom is -0.427 e. The molecule has 2 aliphatic heterocycles. The van der Waals surface area contributed by atoms with E-state index >= 15 is 0 Å². The van der Waals surface area contributed by atoms with Crippen LogP contribution in [0.1, 0.15) is 44.6 Å². The van der Waals surface area contributed by atoms with Crippen molar-refractivity contribution in [1.29, 1.82) is 0 Å². The van der Waals surface area contributed by atoms with Gasteiger partial charge in [0.1, 0.15) is 5.70 Å². The molecule has 1 aromatic heterocycles. The fourth-order valence-corrected chi connectivity index (χ4v) is 4.70. The average Bonchev–Trinajstić information content (AvgIpc) is 3.22. The highest BCUT2D eigenvalue weighted by Gasteiger charge is 2.57. The molecule has 1 saturated heterocycles. The van der Waals surface area contributed by atoms with Crippen LogP contribution in [-0.4, -0.2) is 52.7 Å². The quantitative estimate of drug-likeness (QED) is 0.362. The summed E-state index contributed by atoms with van der Waals surface area (Å²) in [4.78, 5) is 50.6. The lowest BCUT2D eigenvalue weighted by molar-refractivity contribution is -0.175. The van der Waals surface area contributed by atoms with Crippen LogP contribution in [0, 0.1) is 11.3 Å². The smallest absolute Gasteiger partial charge is 0.358 e. The Hall–Kier alpha value is -2.72. The summed E-state index contributed by atoms with van der Waals surface area (Å²) in [5.74, 6) is -2.76. The van der Waals surface area contributed by atoms with Gasteiger partial charge in [0.2, 0.25) is 18.6 Å². The van der Waals surface area contributed by atoms with E-state index < -0.39 is 42.1 Å². The fourth-order valence-electron chi connectivity index (χ4n) is 3.73. The van der Waals surface area contributed by atoms with Crippen LogP contribution in [0.15, 0.2) is 17.1 Å². The van der Waals surface area contributed by atoms with Gasteiger partial charge in [0, 0.05) is 10.5 Å². The number of aliphatic hydroxyl groups excluding tert-OH is 1. The second kappa shape index (κ2) is 8.43. The number of amides is 2. The molecule has 0 saturated carbocycles. The lowest BCUT2D eigenvalue weighted by atomic mass is 9.83. The first kappa shape index (κ1) is 23.0. The molecule has 0 unspecified atom stereocenters. The van der Waals surface area contributed by atoms with Crippen LogP contribution in [0.3, 0.4) is 0 Å². The second-order valence-electron chi connectivity index (χ2n) is 8.77. The zero-order valence-corrected chi connectivity index (χ0v) is 18.7. The van der Waals surface area contributed by atoms with Gasteiger partial charge < -0.3 is 25.2 Å². The molecule has 1 aromatic rings. The van der Waals surface area contributed by atoms with Crippen LogP contribution in [0.2, 0.25) is 0 Å². The van der Waals surface area contributed by atoms with Gasteiger partial charge in [-0.15, -0.1) is 11.3 Å². The first-order chi connectivity index (χ1) is 14.4. The Morgan fingerprint density at radius 2 is 2.00 bits per heavy atom. The third kappa shape index (κ3) is 4.49. The molecule has 10 heteroatoms. The van der Waals surface area contributed by atoms with Gasteiger partial charge in [-0.25, -0.2) is 4.79 Å². The highest BCUT2D eigenvalue weighted by Crippen LogP contribution is 2.48. The molecule has 0 radical (unpaired) electrons. The first-order valence-corrected chi connectivity index (χ1v) is 10.7. The number of hydrogen-bond acceptors (Lipinski definition) is 8. The van der Waals surface area contributed by atoms with Gasteiger partial charge in [0.05, 0.1) is 29.9 Å². The molecule has 0 aromatic carbocycles. The Kier molecular flexibility index (Phi) is 6.24. The van der Waals surface area contributed by atoms with E-state index in [9.17, 15) is 24.3 Å². The Balaban J connectivity index is 1.84. The van der Waals surface area contributed by atoms with Gasteiger partial charge >= 0.3 is 11.9 Å². The van der Waals surface area contributed by atoms with E-state index in [4.69, 9.17) is 15.2 Å². The average molecular weight is 451 g/mol. The van der Waals surface area contributed by atoms with Crippen LogP contribution in [-0.2, 0) is 35.1 Å². The number of ether oxygens (including phenoxy) is 2. The summed E-state index contributed by atoms with van der Waals surface area (Å²) in [6.07, 6.45) is -0.425. The number of fused-ring (bicyclic) bond motifs is 1. The summed E-state index contributed by atoms with van der Waals surface area (Å²) < 4.78 is 10.1. The lowest BCUT2D eigenvalue weighted by Gasteiger charge is -2.44. The first-order valence-electron chi connectivity index (χ1n) is 9.86. The molecule has 2 amide bonds. The summed E-state index contributed by atoms with van der Waals surface area (Å²) in [6.45, 7) is 5.99. The van der Waals surface area contributed by atoms with Crippen LogP contribution in [0.25, 0.3) is 5.57 Å². The summed E-state index contributed by atoms with van der Waals surface area (Å²) >= 11 is 1.33. The molecule has 0 aliphatic carbocycles. The standard InChI is InChI=1S/C21H26N2O7S/c1-10(24)16-13-7-12(14-5-11(8-31-14)6-15(22)25)17(23(13)18(16)26)19(27)29-9-30-20(28)21(2,3)4/h5,8,10,13,16,24H,6-7,9H2,1-4H3,(H2,22,25)/t10-,13-,16-/m1/s1. The van der Waals surface area contributed by atoms with Crippen LogP contribution >= 0.6 is 11.3 Å². The van der Waals surface area contributed by atoms with Gasteiger partial charge in [0.25, 0.3) is 0 Å². The number of thiophene rings is 1. The van der Waals surface area contributed by atoms with Gasteiger partial charge in [-0.1, -0.05) is 0 Å². The molecule has 3 N–H and O–H groups in total. The van der Waals surface area contributed by atoms with Crippen molar-refractivity contribution in [2.45, 2.75) is 52.7 Å². The Labute approximate surface area is 183 Å². The van der Waals surface area contributed by atoms with Crippen molar-refractivity contribution in [2.75, 3.05) is 6.79 Å². The molecule has 3 heterocycles. The molecule has 0 spiro atoms. The molecule has 3 atom stereocenters. The zero-order chi connectivity index (χ0) is 23.1. The second-order valence-corrected chi connectivity index (χ2v) is 9.68. The summed E-state index contributed by atoms with van der Waals surface area (Å²) in [6, 6.07) is 1.40. The van der Waals surface area contributed by atoms with Crippen LogP contribution in [0.4, 0.5) is 0 Å². The van der Waals surface area contributed by atoms with Crippen molar-refractivity contribution in [2.24, 2.45) is 17.1 Å². The number of hydrogen-bond donors (Lipinski definition) is 2. The number of esters is 2. The minimum absolute atomic E-state index is 0.0642. The Bertz CT molecular complexity index is 957. The molecule has 31 heavy (non-hydrogen) atoms. The lowest BCUT2D eigenvalue weighted by Crippen LogP contribution is -2.61. The van der Waals surface area contributed by atoms with Gasteiger partial charge in [-0.05, 0) is 51.1 Å². The topological polar surface area (TPSA) is 136 Å². The highest BCUT2D eigenvalue weighted by atomic mass is 32.1. The molecule has 168 valence electrons. The number of carbonyl (C=O) groups excluding carboxylic acids is 4. The van der Waals surface area contributed by atoms with Crippen molar-refractivity contribution in [3.8, 4) is 0 Å². The van der Waals surface area contributed by atoms with E-state index in [1.165, 1.54) is 23.2 Å². The number of primary amides is 1. The van der Waals surface area contributed by atoms with E-state index in [-0.39, 0.29) is 24.1 Å². The maximum Gasteiger partial charge on any atom is 0.358 e. The number of rotatable bonds is 7. The van der Waals surface area contributed by atoms with Gasteiger partial charge in [-0.3, -0.25) is 14.4 Å². The number of β-lactam (4-membered cyclic amide) rings is 1. The van der Waals surface area contributed by atoms with E-state index in [1.807, 2.05) is 0 Å². The molecule has 1 fully saturated rings. The van der Waals surface area contributed by atoms with Crippen LogP contribution in [0.5, 0.6) is 0 Å². The summed E-state index contributed by atoms with van der Waals surface area (Å²) in [7, 11) is 0. The van der Waals surface area contributed by atoms with E-state index in [2.05, 4.69) is 0 Å². The summed E-state index contributed by atoms with van der Waals surface area (Å²) in [5, 5.41) is 11.7. The van der Waals surface area contributed by atoms with Crippen molar-refractivity contribution in [1.82, 2.24) is 4.90 Å². The molecule has 3 rings (SSSR count). The Morgan fingerprint density at radius 1 is 1.32 bits per heavy atom. The molecule has 0 bridgehead atoms. The van der Waals surface area contributed by atoms with Crippen molar-refractivity contribution < 1.29 is 33.8 Å². The number of nitrogens with two attached hydrogens (primary N) is 1. The Morgan fingerprint density at radius 3 is 2.58 bits per heavy atom. The number of aliphatic hydroxyl groups is 1. The van der Waals surface area contributed by atoms with Crippen molar-refractivity contribution in [3.05, 3.63) is 27.6 Å². The van der Waals surface area contributed by atoms with Crippen molar-refractivity contribution in [3.63, 3.8) is 0 Å². The molecule has 2 aliphatic rings. The third-order valence-corrected chi connectivity index (χ3v) is 6.28. The van der Waals surface area contributed by atoms with Crippen molar-refractivity contribution >= 4 is 40.7 Å². The predicted octanol–water partition coefficient (Wildman–Crippen LogP) is 1.19. The molecule has 9 nitrogen and oxygen atoms in total. The van der Waals surface area contributed by atoms with E-state index in [1.54, 1.807) is 32.2 Å². The zero-order valence-electron chi connectivity index (χ0n) is 17.8. The fraction of sp³-hybridized carbons (Fsp3) is 0.524. The summed E-state index contributed by atoms with van der Waals surface area (Å²) in [5.41, 5.74) is 5.88. The third-order valence-electron chi connectivity index (χ3n) is 5.24. The normalized spacial score (nSPS) is 21.5. The molecular weight excluding hydrogens is 424 g/mol.